The molecule has 0 spiro atoms. The third-order valence-corrected chi connectivity index (χ3v) is 3.89. The normalized spacial score (nSPS) is 21.5. The Kier molecular flexibility index (Phi) is 3.17. The molecule has 0 aliphatic heterocycles. The van der Waals surface area contributed by atoms with Gasteiger partial charge in [-0.15, -0.1) is 0 Å². The highest BCUT2D eigenvalue weighted by Crippen LogP contribution is 2.40. The summed E-state index contributed by atoms with van der Waals surface area (Å²) in [4.78, 5) is 0. The zero-order valence-electron chi connectivity index (χ0n) is 10.2. The molecule has 1 atom stereocenters. The van der Waals surface area contributed by atoms with E-state index in [4.69, 9.17) is 0 Å². The molecule has 3 rings (SSSR count). The summed E-state index contributed by atoms with van der Waals surface area (Å²) in [7, 11) is 0. The van der Waals surface area contributed by atoms with E-state index in [0.717, 1.165) is 18.4 Å². The molecule has 92 valence electrons. The quantitative estimate of drug-likeness (QED) is 0.788. The summed E-state index contributed by atoms with van der Waals surface area (Å²) >= 11 is 0. The van der Waals surface area contributed by atoms with E-state index in [1.54, 1.807) is 0 Å². The number of hydrogen-bond acceptors (Lipinski definition) is 2. The number of rotatable bonds is 6. The van der Waals surface area contributed by atoms with E-state index < -0.39 is 0 Å². The summed E-state index contributed by atoms with van der Waals surface area (Å²) in [5.74, 6) is 1.65. The Bertz CT molecular complexity index is 382. The highest BCUT2D eigenvalue weighted by Gasteiger charge is 2.25. The van der Waals surface area contributed by atoms with Crippen molar-refractivity contribution in [2.24, 2.45) is 5.92 Å². The Morgan fingerprint density at radius 3 is 2.71 bits per heavy atom. The third-order valence-electron chi connectivity index (χ3n) is 3.89. The van der Waals surface area contributed by atoms with E-state index in [-0.39, 0.29) is 12.6 Å². The molecule has 2 aliphatic rings. The maximum atomic E-state index is 9.50. The van der Waals surface area contributed by atoms with Gasteiger partial charge in [-0.2, -0.15) is 0 Å². The van der Waals surface area contributed by atoms with Crippen LogP contribution in [0.25, 0.3) is 0 Å². The van der Waals surface area contributed by atoms with E-state index >= 15 is 0 Å². The molecule has 2 N–H and O–H groups in total. The van der Waals surface area contributed by atoms with Gasteiger partial charge in [0.15, 0.2) is 0 Å². The molecular formula is C15H21NO. The van der Waals surface area contributed by atoms with Gasteiger partial charge in [0.1, 0.15) is 0 Å². The summed E-state index contributed by atoms with van der Waals surface area (Å²) in [5.41, 5.74) is 2.70. The van der Waals surface area contributed by atoms with E-state index in [1.165, 1.54) is 36.8 Å². The number of benzene rings is 1. The van der Waals surface area contributed by atoms with Crippen LogP contribution in [0.3, 0.4) is 0 Å². The minimum atomic E-state index is 0.120. The first-order valence-corrected chi connectivity index (χ1v) is 6.81. The largest absolute Gasteiger partial charge is 0.394 e. The first-order chi connectivity index (χ1) is 8.36. The van der Waals surface area contributed by atoms with Gasteiger partial charge in [0.05, 0.1) is 12.6 Å². The Hall–Kier alpha value is -0.860. The molecule has 0 heterocycles. The fourth-order valence-corrected chi connectivity index (χ4v) is 2.37. The zero-order valence-corrected chi connectivity index (χ0v) is 10.2. The number of nitrogens with one attached hydrogen (secondary N) is 1. The molecule has 2 aliphatic carbocycles. The lowest BCUT2D eigenvalue weighted by atomic mass is 10.0. The van der Waals surface area contributed by atoms with E-state index in [9.17, 15) is 5.11 Å². The fourth-order valence-electron chi connectivity index (χ4n) is 2.37. The van der Waals surface area contributed by atoms with Gasteiger partial charge in [-0.25, -0.2) is 0 Å². The summed E-state index contributed by atoms with van der Waals surface area (Å²) < 4.78 is 0. The minimum absolute atomic E-state index is 0.120. The SMILES string of the molecule is OCC(NCC1CC1)c1cccc(C2CC2)c1. The maximum Gasteiger partial charge on any atom is 0.0626 e. The Morgan fingerprint density at radius 1 is 1.24 bits per heavy atom. The lowest BCUT2D eigenvalue weighted by molar-refractivity contribution is 0.243. The van der Waals surface area contributed by atoms with E-state index in [1.807, 2.05) is 0 Å². The van der Waals surface area contributed by atoms with Crippen molar-refractivity contribution >= 4 is 0 Å². The van der Waals surface area contributed by atoms with Crippen LogP contribution in [0, 0.1) is 5.92 Å². The number of aliphatic hydroxyl groups excluding tert-OH is 1. The standard InChI is InChI=1S/C15H21NO/c17-10-15(16-9-11-4-5-11)14-3-1-2-13(8-14)12-6-7-12/h1-3,8,11-12,15-17H,4-7,9-10H2. The highest BCUT2D eigenvalue weighted by molar-refractivity contribution is 5.31. The van der Waals surface area contributed by atoms with Crippen LogP contribution in [-0.2, 0) is 0 Å². The first kappa shape index (κ1) is 11.2. The fraction of sp³-hybridized carbons (Fsp3) is 0.600. The maximum absolute atomic E-state index is 9.50. The number of aliphatic hydroxyl groups is 1. The van der Waals surface area contributed by atoms with Crippen LogP contribution in [0.15, 0.2) is 24.3 Å². The second-order valence-electron chi connectivity index (χ2n) is 5.53. The van der Waals surface area contributed by atoms with Crippen LogP contribution < -0.4 is 5.32 Å². The minimum Gasteiger partial charge on any atom is -0.394 e. The van der Waals surface area contributed by atoms with Crippen LogP contribution in [0.4, 0.5) is 0 Å². The van der Waals surface area contributed by atoms with Gasteiger partial charge in [0.2, 0.25) is 0 Å². The second-order valence-corrected chi connectivity index (χ2v) is 5.53. The Balaban J connectivity index is 1.67. The molecule has 0 aromatic heterocycles. The van der Waals surface area contributed by atoms with Gasteiger partial charge < -0.3 is 10.4 Å². The smallest absolute Gasteiger partial charge is 0.0626 e. The van der Waals surface area contributed by atoms with Crippen LogP contribution in [0.2, 0.25) is 0 Å². The molecule has 2 saturated carbocycles. The monoisotopic (exact) mass is 231 g/mol. The molecular weight excluding hydrogens is 210 g/mol. The van der Waals surface area contributed by atoms with Crippen molar-refractivity contribution in [1.82, 2.24) is 5.32 Å². The van der Waals surface area contributed by atoms with Crippen molar-refractivity contribution in [2.45, 2.75) is 37.6 Å². The zero-order chi connectivity index (χ0) is 11.7. The third kappa shape index (κ3) is 2.88. The molecule has 1 aromatic rings. The van der Waals surface area contributed by atoms with Crippen molar-refractivity contribution in [3.63, 3.8) is 0 Å². The van der Waals surface area contributed by atoms with E-state index in [0.29, 0.717) is 0 Å². The molecule has 2 fully saturated rings. The van der Waals surface area contributed by atoms with Gasteiger partial charge in [-0.1, -0.05) is 24.3 Å². The lowest BCUT2D eigenvalue weighted by Crippen LogP contribution is -2.26. The second kappa shape index (κ2) is 4.79. The summed E-state index contributed by atoms with van der Waals surface area (Å²) in [6, 6.07) is 8.88. The van der Waals surface area contributed by atoms with Crippen molar-refractivity contribution in [3.05, 3.63) is 35.4 Å². The van der Waals surface area contributed by atoms with Crippen molar-refractivity contribution < 1.29 is 5.11 Å². The molecule has 1 unspecified atom stereocenters. The lowest BCUT2D eigenvalue weighted by Gasteiger charge is -2.17. The molecule has 2 heteroatoms. The molecule has 2 nitrogen and oxygen atoms in total. The summed E-state index contributed by atoms with van der Waals surface area (Å²) in [5, 5.41) is 13.0. The molecule has 0 saturated heterocycles. The average molecular weight is 231 g/mol. The molecule has 0 bridgehead atoms. The van der Waals surface area contributed by atoms with Gasteiger partial charge >= 0.3 is 0 Å². The van der Waals surface area contributed by atoms with Gasteiger partial charge in [0.25, 0.3) is 0 Å². The van der Waals surface area contributed by atoms with Crippen LogP contribution in [-0.4, -0.2) is 18.3 Å². The predicted octanol–water partition coefficient (Wildman–Crippen LogP) is 2.60. The first-order valence-electron chi connectivity index (χ1n) is 6.81. The van der Waals surface area contributed by atoms with Crippen LogP contribution in [0.1, 0.15) is 48.8 Å². The summed E-state index contributed by atoms with van der Waals surface area (Å²) in [6.45, 7) is 1.25. The van der Waals surface area contributed by atoms with Gasteiger partial charge in [-0.3, -0.25) is 0 Å². The van der Waals surface area contributed by atoms with Crippen LogP contribution >= 0.6 is 0 Å². The average Bonchev–Trinajstić information content (AvgIpc) is 3.23. The van der Waals surface area contributed by atoms with Crippen LogP contribution in [0.5, 0.6) is 0 Å². The number of hydrogen-bond donors (Lipinski definition) is 2. The molecule has 1 aromatic carbocycles. The van der Waals surface area contributed by atoms with Crippen molar-refractivity contribution in [3.8, 4) is 0 Å². The van der Waals surface area contributed by atoms with Gasteiger partial charge in [0, 0.05) is 0 Å². The topological polar surface area (TPSA) is 32.3 Å². The summed E-state index contributed by atoms with van der Waals surface area (Å²) in [6.07, 6.45) is 5.38. The Morgan fingerprint density at radius 2 is 2.06 bits per heavy atom. The predicted molar refractivity (Wildman–Crippen MR) is 69.0 cm³/mol. The highest BCUT2D eigenvalue weighted by atomic mass is 16.3. The molecule has 17 heavy (non-hydrogen) atoms. The molecule has 0 radical (unpaired) electrons. The molecule has 0 amide bonds. The Labute approximate surface area is 103 Å². The van der Waals surface area contributed by atoms with Crippen molar-refractivity contribution in [2.75, 3.05) is 13.2 Å². The van der Waals surface area contributed by atoms with Gasteiger partial charge in [-0.05, 0) is 55.2 Å². The van der Waals surface area contributed by atoms with E-state index in [2.05, 4.69) is 29.6 Å². The van der Waals surface area contributed by atoms with Crippen molar-refractivity contribution in [1.29, 1.82) is 0 Å².